The lowest BCUT2D eigenvalue weighted by atomic mass is 10.0. The van der Waals surface area contributed by atoms with Crippen LogP contribution in [0.3, 0.4) is 0 Å². The van der Waals surface area contributed by atoms with E-state index in [0.717, 1.165) is 31.6 Å². The molecule has 0 radical (unpaired) electrons. The van der Waals surface area contributed by atoms with Gasteiger partial charge in [-0.1, -0.05) is 12.1 Å². The van der Waals surface area contributed by atoms with E-state index in [0.29, 0.717) is 5.92 Å². The Kier molecular flexibility index (Phi) is 4.99. The van der Waals surface area contributed by atoms with Gasteiger partial charge in [0.1, 0.15) is 0 Å². The number of likely N-dealkylation sites (tertiary alicyclic amines) is 1. The van der Waals surface area contributed by atoms with Crippen molar-refractivity contribution in [2.24, 2.45) is 11.7 Å². The zero-order valence-corrected chi connectivity index (χ0v) is 12.2. The average molecular weight is 304 g/mol. The zero-order chi connectivity index (χ0) is 14.8. The summed E-state index contributed by atoms with van der Waals surface area (Å²) in [6.45, 7) is 4.78. The molecule has 0 amide bonds. The summed E-state index contributed by atoms with van der Waals surface area (Å²) in [4.78, 5) is 2.54. The van der Waals surface area contributed by atoms with Crippen molar-refractivity contribution >= 4 is 11.8 Å². The molecule has 0 bridgehead atoms. The average Bonchev–Trinajstić information content (AvgIpc) is 2.78. The molecule has 2 unspecified atom stereocenters. The molecule has 20 heavy (non-hydrogen) atoms. The standard InChI is InChI=1S/C14H19F3N2S/c1-10(18)12-6-7-19(9-12)8-11-2-4-13(5-3-11)20-14(15,16)17/h2-5,10,12H,6-9,18H2,1H3. The van der Waals surface area contributed by atoms with E-state index in [1.807, 2.05) is 6.92 Å². The summed E-state index contributed by atoms with van der Waals surface area (Å²) in [5.41, 5.74) is 2.72. The predicted molar refractivity (Wildman–Crippen MR) is 75.4 cm³/mol. The Morgan fingerprint density at radius 2 is 2.00 bits per heavy atom. The van der Waals surface area contributed by atoms with Gasteiger partial charge < -0.3 is 5.73 Å². The molecule has 1 aromatic rings. The SMILES string of the molecule is CC(N)C1CCN(Cc2ccc(SC(F)(F)F)cc2)C1. The molecule has 2 N–H and O–H groups in total. The van der Waals surface area contributed by atoms with Crippen LogP contribution in [0.2, 0.25) is 0 Å². The fraction of sp³-hybridized carbons (Fsp3) is 0.571. The van der Waals surface area contributed by atoms with Crippen molar-refractivity contribution in [3.63, 3.8) is 0 Å². The smallest absolute Gasteiger partial charge is 0.328 e. The first-order chi connectivity index (χ1) is 9.33. The minimum absolute atomic E-state index is 0.0736. The van der Waals surface area contributed by atoms with Gasteiger partial charge in [0.05, 0.1) is 0 Å². The van der Waals surface area contributed by atoms with Crippen LogP contribution in [0.25, 0.3) is 0 Å². The highest BCUT2D eigenvalue weighted by Gasteiger charge is 2.29. The number of nitrogens with two attached hydrogens (primary N) is 1. The van der Waals surface area contributed by atoms with Crippen LogP contribution in [0.4, 0.5) is 13.2 Å². The van der Waals surface area contributed by atoms with Crippen molar-refractivity contribution < 1.29 is 13.2 Å². The van der Waals surface area contributed by atoms with Crippen LogP contribution >= 0.6 is 11.8 Å². The van der Waals surface area contributed by atoms with Crippen molar-refractivity contribution in [3.8, 4) is 0 Å². The first-order valence-corrected chi connectivity index (χ1v) is 7.48. The Morgan fingerprint density at radius 3 is 2.50 bits per heavy atom. The number of hydrogen-bond donors (Lipinski definition) is 1. The lowest BCUT2D eigenvalue weighted by molar-refractivity contribution is -0.0328. The molecule has 1 aliphatic heterocycles. The van der Waals surface area contributed by atoms with Gasteiger partial charge in [-0.3, -0.25) is 4.90 Å². The van der Waals surface area contributed by atoms with Gasteiger partial charge in [-0.2, -0.15) is 13.2 Å². The zero-order valence-electron chi connectivity index (χ0n) is 11.4. The van der Waals surface area contributed by atoms with Gasteiger partial charge in [-0.15, -0.1) is 0 Å². The van der Waals surface area contributed by atoms with Crippen LogP contribution in [-0.2, 0) is 6.54 Å². The quantitative estimate of drug-likeness (QED) is 0.864. The molecule has 2 atom stereocenters. The van der Waals surface area contributed by atoms with E-state index in [2.05, 4.69) is 4.90 Å². The first-order valence-electron chi connectivity index (χ1n) is 6.66. The number of alkyl halides is 3. The van der Waals surface area contributed by atoms with Crippen LogP contribution in [-0.4, -0.2) is 29.5 Å². The maximum atomic E-state index is 12.2. The molecule has 1 heterocycles. The van der Waals surface area contributed by atoms with E-state index in [1.54, 1.807) is 12.1 Å². The van der Waals surface area contributed by atoms with Crippen molar-refractivity contribution in [2.45, 2.75) is 36.3 Å². The van der Waals surface area contributed by atoms with Crippen molar-refractivity contribution in [1.82, 2.24) is 4.90 Å². The third-order valence-corrected chi connectivity index (χ3v) is 4.35. The third-order valence-electron chi connectivity index (χ3n) is 3.62. The van der Waals surface area contributed by atoms with E-state index in [9.17, 15) is 13.2 Å². The third kappa shape index (κ3) is 4.68. The lowest BCUT2D eigenvalue weighted by Gasteiger charge is -2.18. The van der Waals surface area contributed by atoms with Gasteiger partial charge in [0.2, 0.25) is 0 Å². The van der Waals surface area contributed by atoms with Crippen molar-refractivity contribution in [1.29, 1.82) is 0 Å². The number of rotatable bonds is 4. The van der Waals surface area contributed by atoms with Crippen LogP contribution in [0.1, 0.15) is 18.9 Å². The fourth-order valence-electron chi connectivity index (χ4n) is 2.49. The minimum atomic E-state index is -4.22. The molecule has 1 fully saturated rings. The Hall–Kier alpha value is -0.720. The molecule has 112 valence electrons. The molecule has 1 aromatic carbocycles. The number of benzene rings is 1. The molecule has 2 nitrogen and oxygen atoms in total. The van der Waals surface area contributed by atoms with Crippen LogP contribution in [0.5, 0.6) is 0 Å². The van der Waals surface area contributed by atoms with E-state index >= 15 is 0 Å². The second-order valence-electron chi connectivity index (χ2n) is 5.33. The van der Waals surface area contributed by atoms with E-state index in [4.69, 9.17) is 5.73 Å². The molecule has 0 saturated carbocycles. The molecule has 2 rings (SSSR count). The van der Waals surface area contributed by atoms with Gasteiger partial charge in [-0.25, -0.2) is 0 Å². The minimum Gasteiger partial charge on any atom is -0.328 e. The predicted octanol–water partition coefficient (Wildman–Crippen LogP) is 3.47. The summed E-state index contributed by atoms with van der Waals surface area (Å²) >= 11 is -0.0736. The first kappa shape index (κ1) is 15.7. The molecule has 0 aromatic heterocycles. The monoisotopic (exact) mass is 304 g/mol. The molecule has 0 aliphatic carbocycles. The summed E-state index contributed by atoms with van der Waals surface area (Å²) in [6, 6.07) is 6.81. The Bertz CT molecular complexity index is 431. The maximum absolute atomic E-state index is 12.2. The summed E-state index contributed by atoms with van der Waals surface area (Å²) in [5.74, 6) is 0.523. The highest BCUT2D eigenvalue weighted by Crippen LogP contribution is 2.36. The molecule has 1 aliphatic rings. The number of halogens is 3. The lowest BCUT2D eigenvalue weighted by Crippen LogP contribution is -2.29. The topological polar surface area (TPSA) is 29.3 Å². The molecule has 6 heteroatoms. The second-order valence-corrected chi connectivity index (χ2v) is 6.47. The van der Waals surface area contributed by atoms with Gasteiger partial charge in [0.25, 0.3) is 0 Å². The van der Waals surface area contributed by atoms with Gasteiger partial charge in [0.15, 0.2) is 0 Å². The second kappa shape index (κ2) is 6.37. The molecular weight excluding hydrogens is 285 g/mol. The Labute approximate surface area is 121 Å². The summed E-state index contributed by atoms with van der Waals surface area (Å²) in [7, 11) is 0. The van der Waals surface area contributed by atoms with Crippen molar-refractivity contribution in [3.05, 3.63) is 29.8 Å². The molecule has 0 spiro atoms. The maximum Gasteiger partial charge on any atom is 0.446 e. The van der Waals surface area contributed by atoms with Gasteiger partial charge in [0, 0.05) is 24.0 Å². The number of nitrogens with zero attached hydrogens (tertiary/aromatic N) is 1. The Balaban J connectivity index is 1.88. The number of hydrogen-bond acceptors (Lipinski definition) is 3. The van der Waals surface area contributed by atoms with E-state index < -0.39 is 5.51 Å². The summed E-state index contributed by atoms with van der Waals surface area (Å²) in [5, 5.41) is 0. The highest BCUT2D eigenvalue weighted by molar-refractivity contribution is 8.00. The number of thioether (sulfide) groups is 1. The summed E-state index contributed by atoms with van der Waals surface area (Å²) < 4.78 is 36.7. The van der Waals surface area contributed by atoms with Crippen LogP contribution in [0, 0.1) is 5.92 Å². The van der Waals surface area contributed by atoms with Gasteiger partial charge >= 0.3 is 5.51 Å². The fourth-order valence-corrected chi connectivity index (χ4v) is 3.03. The summed E-state index contributed by atoms with van der Waals surface area (Å²) in [6.07, 6.45) is 1.10. The largest absolute Gasteiger partial charge is 0.446 e. The normalized spacial score (nSPS) is 22.1. The Morgan fingerprint density at radius 1 is 1.35 bits per heavy atom. The van der Waals surface area contributed by atoms with Gasteiger partial charge in [-0.05, 0) is 55.3 Å². The van der Waals surface area contributed by atoms with E-state index in [-0.39, 0.29) is 22.7 Å². The van der Waals surface area contributed by atoms with Crippen molar-refractivity contribution in [2.75, 3.05) is 13.1 Å². The molecule has 1 saturated heterocycles. The van der Waals surface area contributed by atoms with Crippen LogP contribution < -0.4 is 5.73 Å². The van der Waals surface area contributed by atoms with Crippen LogP contribution in [0.15, 0.2) is 29.2 Å². The van der Waals surface area contributed by atoms with E-state index in [1.165, 1.54) is 12.1 Å². The highest BCUT2D eigenvalue weighted by atomic mass is 32.2. The molecular formula is C14H19F3N2S.